The minimum Gasteiger partial charge on any atom is -0.344 e. The van der Waals surface area contributed by atoms with E-state index in [2.05, 4.69) is 29.0 Å². The summed E-state index contributed by atoms with van der Waals surface area (Å²) in [6.45, 7) is 6.82. The van der Waals surface area contributed by atoms with Crippen molar-refractivity contribution in [3.63, 3.8) is 0 Å². The molecule has 0 fully saturated rings. The molecule has 0 aliphatic carbocycles. The number of hydrogen-bond acceptors (Lipinski definition) is 4. The fourth-order valence-electron chi connectivity index (χ4n) is 2.85. The molecule has 0 aromatic carbocycles. The van der Waals surface area contributed by atoms with Crippen LogP contribution < -0.4 is 5.32 Å². The van der Waals surface area contributed by atoms with Crippen molar-refractivity contribution in [3.05, 3.63) is 39.6 Å². The Morgan fingerprint density at radius 1 is 1.50 bits per heavy atom. The number of rotatable bonds is 4. The molecule has 3 heterocycles. The molecule has 2 aromatic rings. The Kier molecular flexibility index (Phi) is 4.31. The van der Waals surface area contributed by atoms with Crippen LogP contribution in [0.25, 0.3) is 0 Å². The predicted octanol–water partition coefficient (Wildman–Crippen LogP) is 2.18. The number of carbonyl (C=O) groups is 1. The molecule has 5 nitrogen and oxygen atoms in total. The Morgan fingerprint density at radius 3 is 3.00 bits per heavy atom. The maximum absolute atomic E-state index is 12.4. The molecule has 0 radical (unpaired) electrons. The largest absolute Gasteiger partial charge is 0.344 e. The molecular weight excluding hydrogens is 296 g/mol. The molecule has 118 valence electrons. The number of carbonyl (C=O) groups excluding carboxylic acids is 1. The highest BCUT2D eigenvalue weighted by molar-refractivity contribution is 7.09. The van der Waals surface area contributed by atoms with E-state index in [-0.39, 0.29) is 5.91 Å². The van der Waals surface area contributed by atoms with Gasteiger partial charge in [0.1, 0.15) is 0 Å². The molecule has 1 amide bonds. The maximum atomic E-state index is 12.4. The van der Waals surface area contributed by atoms with Crippen molar-refractivity contribution in [2.24, 2.45) is 7.05 Å². The second kappa shape index (κ2) is 6.22. The highest BCUT2D eigenvalue weighted by Gasteiger charge is 2.26. The summed E-state index contributed by atoms with van der Waals surface area (Å²) in [6.07, 6.45) is 0.954. The average molecular weight is 318 g/mol. The molecule has 1 N–H and O–H groups in total. The fourth-order valence-corrected chi connectivity index (χ4v) is 3.50. The molecule has 0 unspecified atom stereocenters. The summed E-state index contributed by atoms with van der Waals surface area (Å²) >= 11 is 1.65. The highest BCUT2D eigenvalue weighted by atomic mass is 32.1. The van der Waals surface area contributed by atoms with Crippen LogP contribution in [0.3, 0.4) is 0 Å². The lowest BCUT2D eigenvalue weighted by molar-refractivity contribution is 0.0937. The summed E-state index contributed by atoms with van der Waals surface area (Å²) < 4.78 is 1.96. The predicted molar refractivity (Wildman–Crippen MR) is 87.9 cm³/mol. The van der Waals surface area contributed by atoms with E-state index >= 15 is 0 Å². The van der Waals surface area contributed by atoms with E-state index in [0.29, 0.717) is 18.4 Å². The number of amides is 1. The van der Waals surface area contributed by atoms with Gasteiger partial charge in [-0.1, -0.05) is 6.07 Å². The van der Waals surface area contributed by atoms with E-state index in [0.717, 1.165) is 30.1 Å². The number of aromatic nitrogens is 2. The van der Waals surface area contributed by atoms with Crippen LogP contribution in [0.5, 0.6) is 0 Å². The van der Waals surface area contributed by atoms with Crippen molar-refractivity contribution in [1.82, 2.24) is 19.8 Å². The molecule has 0 saturated carbocycles. The first-order chi connectivity index (χ1) is 10.6. The molecule has 6 heteroatoms. The van der Waals surface area contributed by atoms with Gasteiger partial charge in [-0.15, -0.1) is 11.3 Å². The number of nitrogens with zero attached hydrogens (tertiary/aromatic N) is 3. The molecule has 1 aliphatic rings. The molecule has 0 atom stereocenters. The van der Waals surface area contributed by atoms with E-state index < -0.39 is 0 Å². The van der Waals surface area contributed by atoms with Gasteiger partial charge in [0.2, 0.25) is 0 Å². The first kappa shape index (κ1) is 15.2. The van der Waals surface area contributed by atoms with Crippen LogP contribution in [0, 0.1) is 0 Å². The number of thiophene rings is 1. The van der Waals surface area contributed by atoms with Crippen LogP contribution in [0.2, 0.25) is 0 Å². The zero-order valence-electron chi connectivity index (χ0n) is 13.3. The topological polar surface area (TPSA) is 50.2 Å². The molecular formula is C16H22N4OS. The highest BCUT2D eigenvalue weighted by Crippen LogP contribution is 2.21. The number of nitrogens with one attached hydrogen (secondary N) is 1. The lowest BCUT2D eigenvalue weighted by Crippen LogP contribution is -2.36. The van der Waals surface area contributed by atoms with Crippen LogP contribution >= 0.6 is 11.3 Å². The minimum atomic E-state index is -0.0959. The van der Waals surface area contributed by atoms with Crippen molar-refractivity contribution in [2.45, 2.75) is 39.4 Å². The van der Waals surface area contributed by atoms with Crippen LogP contribution in [0.4, 0.5) is 0 Å². The fraction of sp³-hybridized carbons (Fsp3) is 0.500. The van der Waals surface area contributed by atoms with E-state index in [9.17, 15) is 4.79 Å². The van der Waals surface area contributed by atoms with Crippen LogP contribution in [0.1, 0.15) is 40.7 Å². The average Bonchev–Trinajstić information content (AvgIpc) is 3.12. The quantitative estimate of drug-likeness (QED) is 0.940. The molecule has 0 saturated heterocycles. The van der Waals surface area contributed by atoms with Gasteiger partial charge in [0.25, 0.3) is 5.91 Å². The van der Waals surface area contributed by atoms with Crippen molar-refractivity contribution >= 4 is 17.2 Å². The summed E-state index contributed by atoms with van der Waals surface area (Å²) in [5, 5.41) is 4.98. The zero-order valence-corrected chi connectivity index (χ0v) is 14.1. The molecule has 0 spiro atoms. The van der Waals surface area contributed by atoms with Crippen molar-refractivity contribution in [1.29, 1.82) is 0 Å². The van der Waals surface area contributed by atoms with Gasteiger partial charge in [0.05, 0.1) is 12.2 Å². The van der Waals surface area contributed by atoms with E-state index in [1.165, 1.54) is 5.69 Å². The van der Waals surface area contributed by atoms with Gasteiger partial charge < -0.3 is 9.88 Å². The summed E-state index contributed by atoms with van der Waals surface area (Å²) in [5.41, 5.74) is 2.24. The Hall–Kier alpha value is -1.66. The number of hydrogen-bond donors (Lipinski definition) is 1. The third-order valence-corrected chi connectivity index (χ3v) is 5.10. The third kappa shape index (κ3) is 2.94. The second-order valence-electron chi connectivity index (χ2n) is 5.96. The Labute approximate surface area is 135 Å². The monoisotopic (exact) mass is 318 g/mol. The summed E-state index contributed by atoms with van der Waals surface area (Å²) in [6, 6.07) is 4.52. The van der Waals surface area contributed by atoms with E-state index in [1.807, 2.05) is 29.1 Å². The number of fused-ring (bicyclic) bond motifs is 1. The smallest absolute Gasteiger partial charge is 0.287 e. The summed E-state index contributed by atoms with van der Waals surface area (Å²) in [7, 11) is 1.94. The Morgan fingerprint density at radius 2 is 2.32 bits per heavy atom. The van der Waals surface area contributed by atoms with Crippen molar-refractivity contribution < 1.29 is 4.79 Å². The van der Waals surface area contributed by atoms with Crippen molar-refractivity contribution in [2.75, 3.05) is 6.54 Å². The van der Waals surface area contributed by atoms with Gasteiger partial charge in [-0.3, -0.25) is 9.69 Å². The Balaban J connectivity index is 1.73. The van der Waals surface area contributed by atoms with Gasteiger partial charge in [0.15, 0.2) is 5.82 Å². The molecule has 3 rings (SSSR count). The molecule has 1 aliphatic heterocycles. The van der Waals surface area contributed by atoms with Gasteiger partial charge >= 0.3 is 0 Å². The SMILES string of the molecule is CC(C)N1CCc2c(nc(C(=O)NCc3cccs3)n2C)C1. The molecule has 0 bridgehead atoms. The van der Waals surface area contributed by atoms with Gasteiger partial charge in [-0.2, -0.15) is 0 Å². The summed E-state index contributed by atoms with van der Waals surface area (Å²) in [4.78, 5) is 20.5. The molecule has 22 heavy (non-hydrogen) atoms. The second-order valence-corrected chi connectivity index (χ2v) is 7.00. The first-order valence-electron chi connectivity index (χ1n) is 7.65. The van der Waals surface area contributed by atoms with Crippen LogP contribution in [-0.4, -0.2) is 32.9 Å². The maximum Gasteiger partial charge on any atom is 0.287 e. The lowest BCUT2D eigenvalue weighted by Gasteiger charge is -2.29. The summed E-state index contributed by atoms with van der Waals surface area (Å²) in [5.74, 6) is 0.425. The Bertz CT molecular complexity index is 660. The zero-order chi connectivity index (χ0) is 15.7. The standard InChI is InChI=1S/C16H22N4OS/c1-11(2)20-7-6-14-13(10-20)18-15(19(14)3)16(21)17-9-12-5-4-8-22-12/h4-5,8,11H,6-7,9-10H2,1-3H3,(H,17,21). The molecule has 2 aromatic heterocycles. The lowest BCUT2D eigenvalue weighted by atomic mass is 10.1. The van der Waals surface area contributed by atoms with Gasteiger partial charge in [0, 0.05) is 43.2 Å². The van der Waals surface area contributed by atoms with Crippen molar-refractivity contribution in [3.8, 4) is 0 Å². The van der Waals surface area contributed by atoms with E-state index in [4.69, 9.17) is 0 Å². The number of imidazole rings is 1. The van der Waals surface area contributed by atoms with Crippen LogP contribution in [0.15, 0.2) is 17.5 Å². The first-order valence-corrected chi connectivity index (χ1v) is 8.53. The van der Waals surface area contributed by atoms with Gasteiger partial charge in [-0.05, 0) is 25.3 Å². The normalized spacial score (nSPS) is 15.1. The van der Waals surface area contributed by atoms with E-state index in [1.54, 1.807) is 11.3 Å². The third-order valence-electron chi connectivity index (χ3n) is 4.22. The van der Waals surface area contributed by atoms with Crippen LogP contribution in [-0.2, 0) is 26.6 Å². The minimum absolute atomic E-state index is 0.0959. The van der Waals surface area contributed by atoms with Gasteiger partial charge in [-0.25, -0.2) is 4.98 Å².